The van der Waals surface area contributed by atoms with Crippen molar-refractivity contribution in [1.82, 2.24) is 0 Å². The summed E-state index contributed by atoms with van der Waals surface area (Å²) in [4.78, 5) is 0. The van der Waals surface area contributed by atoms with Crippen LogP contribution in [-0.4, -0.2) is 6.04 Å². The predicted molar refractivity (Wildman–Crippen MR) is 89.4 cm³/mol. The molecule has 112 valence electrons. The fraction of sp³-hybridized carbons (Fsp3) is 0.333. The van der Waals surface area contributed by atoms with Crippen molar-refractivity contribution >= 4 is 11.6 Å². The van der Waals surface area contributed by atoms with Gasteiger partial charge in [0.05, 0.1) is 0 Å². The highest BCUT2D eigenvalue weighted by Gasteiger charge is 2.08. The van der Waals surface area contributed by atoms with Gasteiger partial charge in [-0.3, -0.25) is 0 Å². The molecule has 0 aliphatic carbocycles. The summed E-state index contributed by atoms with van der Waals surface area (Å²) in [5, 5.41) is 0.709. The van der Waals surface area contributed by atoms with Gasteiger partial charge in [0.25, 0.3) is 0 Å². The average Bonchev–Trinajstić information content (AvgIpc) is 2.44. The van der Waals surface area contributed by atoms with Crippen molar-refractivity contribution in [1.29, 1.82) is 0 Å². The van der Waals surface area contributed by atoms with Gasteiger partial charge < -0.3 is 10.5 Å². The van der Waals surface area contributed by atoms with E-state index in [4.69, 9.17) is 22.1 Å². The lowest BCUT2D eigenvalue weighted by molar-refractivity contribution is 0.478. The molecule has 0 saturated carbocycles. The second kappa shape index (κ2) is 6.97. The SMILES string of the molecule is CCC(N)Cc1ccc(Oc2ccc(C)cc2C)cc1Cl. The molecule has 1 atom stereocenters. The van der Waals surface area contributed by atoms with Crippen LogP contribution in [0.5, 0.6) is 11.5 Å². The van der Waals surface area contributed by atoms with Crippen LogP contribution in [0.4, 0.5) is 0 Å². The molecule has 0 aliphatic heterocycles. The number of hydrogen-bond acceptors (Lipinski definition) is 2. The van der Waals surface area contributed by atoms with Crippen LogP contribution in [0.25, 0.3) is 0 Å². The molecule has 2 aromatic rings. The number of rotatable bonds is 5. The molecule has 0 aromatic heterocycles. The summed E-state index contributed by atoms with van der Waals surface area (Å²) in [7, 11) is 0. The van der Waals surface area contributed by atoms with Gasteiger partial charge in [-0.25, -0.2) is 0 Å². The predicted octanol–water partition coefficient (Wildman–Crippen LogP) is 5.03. The van der Waals surface area contributed by atoms with Gasteiger partial charge in [0.2, 0.25) is 0 Å². The van der Waals surface area contributed by atoms with E-state index in [0.717, 1.165) is 35.5 Å². The number of halogens is 1. The fourth-order valence-corrected chi connectivity index (χ4v) is 2.47. The number of benzene rings is 2. The molecule has 0 bridgehead atoms. The molecule has 3 heteroatoms. The third-order valence-electron chi connectivity index (χ3n) is 3.59. The lowest BCUT2D eigenvalue weighted by Gasteiger charge is -2.13. The van der Waals surface area contributed by atoms with E-state index in [2.05, 4.69) is 19.9 Å². The Morgan fingerprint density at radius 2 is 1.90 bits per heavy atom. The first kappa shape index (κ1) is 15.9. The van der Waals surface area contributed by atoms with E-state index in [9.17, 15) is 0 Å². The maximum Gasteiger partial charge on any atom is 0.130 e. The standard InChI is InChI=1S/C18H22ClNO/c1-4-15(20)10-14-6-7-16(11-17(14)19)21-18-8-5-12(2)9-13(18)3/h5-9,11,15H,4,10,20H2,1-3H3. The maximum absolute atomic E-state index is 6.33. The first-order valence-corrected chi connectivity index (χ1v) is 7.66. The molecule has 0 saturated heterocycles. The van der Waals surface area contributed by atoms with Crippen LogP contribution in [0.15, 0.2) is 36.4 Å². The Bertz CT molecular complexity index is 625. The smallest absolute Gasteiger partial charge is 0.130 e. The molecule has 0 fully saturated rings. The zero-order valence-corrected chi connectivity index (χ0v) is 13.6. The van der Waals surface area contributed by atoms with E-state index in [-0.39, 0.29) is 6.04 Å². The normalized spacial score (nSPS) is 12.2. The molecule has 0 radical (unpaired) electrons. The van der Waals surface area contributed by atoms with Gasteiger partial charge in [0.15, 0.2) is 0 Å². The van der Waals surface area contributed by atoms with E-state index >= 15 is 0 Å². The van der Waals surface area contributed by atoms with Crippen molar-refractivity contribution in [2.45, 2.75) is 39.7 Å². The minimum Gasteiger partial charge on any atom is -0.457 e. The van der Waals surface area contributed by atoms with E-state index in [0.29, 0.717) is 5.02 Å². The van der Waals surface area contributed by atoms with Crippen molar-refractivity contribution in [3.05, 3.63) is 58.1 Å². The minimum atomic E-state index is 0.147. The van der Waals surface area contributed by atoms with E-state index < -0.39 is 0 Å². The number of ether oxygens (including phenoxy) is 1. The highest BCUT2D eigenvalue weighted by molar-refractivity contribution is 6.31. The topological polar surface area (TPSA) is 35.2 Å². The van der Waals surface area contributed by atoms with Crippen LogP contribution in [0.2, 0.25) is 5.02 Å². The molecular weight excluding hydrogens is 282 g/mol. The summed E-state index contributed by atoms with van der Waals surface area (Å²) in [6, 6.07) is 12.1. The van der Waals surface area contributed by atoms with Crippen molar-refractivity contribution in [2.75, 3.05) is 0 Å². The van der Waals surface area contributed by atoms with Crippen LogP contribution >= 0.6 is 11.6 Å². The first-order valence-electron chi connectivity index (χ1n) is 7.28. The number of aryl methyl sites for hydroxylation is 2. The molecule has 2 N–H and O–H groups in total. The number of nitrogens with two attached hydrogens (primary N) is 1. The van der Waals surface area contributed by atoms with Gasteiger partial charge >= 0.3 is 0 Å². The second-order valence-electron chi connectivity index (χ2n) is 5.50. The van der Waals surface area contributed by atoms with Crippen molar-refractivity contribution < 1.29 is 4.74 Å². The van der Waals surface area contributed by atoms with E-state index in [1.165, 1.54) is 5.56 Å². The Labute approximate surface area is 131 Å². The summed E-state index contributed by atoms with van der Waals surface area (Å²) in [6.07, 6.45) is 1.73. The molecule has 2 nitrogen and oxygen atoms in total. The van der Waals surface area contributed by atoms with Gasteiger partial charge in [-0.15, -0.1) is 0 Å². The summed E-state index contributed by atoms with van der Waals surface area (Å²) < 4.78 is 5.92. The molecule has 0 heterocycles. The number of hydrogen-bond donors (Lipinski definition) is 1. The van der Waals surface area contributed by atoms with E-state index in [1.807, 2.05) is 37.3 Å². The Morgan fingerprint density at radius 1 is 1.14 bits per heavy atom. The first-order chi connectivity index (χ1) is 9.99. The molecule has 0 aliphatic rings. The summed E-state index contributed by atoms with van der Waals surface area (Å²) in [6.45, 7) is 6.19. The van der Waals surface area contributed by atoms with Crippen molar-refractivity contribution in [2.24, 2.45) is 5.73 Å². The molecule has 1 unspecified atom stereocenters. The zero-order valence-electron chi connectivity index (χ0n) is 12.8. The van der Waals surface area contributed by atoms with E-state index in [1.54, 1.807) is 0 Å². The van der Waals surface area contributed by atoms with Crippen LogP contribution in [-0.2, 0) is 6.42 Å². The highest BCUT2D eigenvalue weighted by atomic mass is 35.5. The van der Waals surface area contributed by atoms with Gasteiger partial charge in [-0.05, 0) is 56.0 Å². The Kier molecular flexibility index (Phi) is 5.27. The molecule has 21 heavy (non-hydrogen) atoms. The minimum absolute atomic E-state index is 0.147. The van der Waals surface area contributed by atoms with Gasteiger partial charge in [0.1, 0.15) is 11.5 Å². The maximum atomic E-state index is 6.33. The Hall–Kier alpha value is -1.51. The van der Waals surface area contributed by atoms with Crippen LogP contribution in [0.1, 0.15) is 30.0 Å². The average molecular weight is 304 g/mol. The Morgan fingerprint density at radius 3 is 2.52 bits per heavy atom. The summed E-state index contributed by atoms with van der Waals surface area (Å²) >= 11 is 6.33. The van der Waals surface area contributed by atoms with Crippen LogP contribution < -0.4 is 10.5 Å². The summed E-state index contributed by atoms with van der Waals surface area (Å²) in [5.41, 5.74) is 9.39. The third-order valence-corrected chi connectivity index (χ3v) is 3.94. The molecule has 0 amide bonds. The highest BCUT2D eigenvalue weighted by Crippen LogP contribution is 2.29. The van der Waals surface area contributed by atoms with Gasteiger partial charge in [0, 0.05) is 11.1 Å². The lowest BCUT2D eigenvalue weighted by atomic mass is 10.0. The second-order valence-corrected chi connectivity index (χ2v) is 5.90. The fourth-order valence-electron chi connectivity index (χ4n) is 2.22. The molecule has 0 spiro atoms. The largest absolute Gasteiger partial charge is 0.457 e. The Balaban J connectivity index is 2.16. The van der Waals surface area contributed by atoms with Crippen LogP contribution in [0.3, 0.4) is 0 Å². The van der Waals surface area contributed by atoms with Crippen molar-refractivity contribution in [3.63, 3.8) is 0 Å². The van der Waals surface area contributed by atoms with Gasteiger partial charge in [-0.1, -0.05) is 42.3 Å². The quantitative estimate of drug-likeness (QED) is 0.841. The van der Waals surface area contributed by atoms with Crippen LogP contribution in [0, 0.1) is 13.8 Å². The van der Waals surface area contributed by atoms with Crippen molar-refractivity contribution in [3.8, 4) is 11.5 Å². The zero-order chi connectivity index (χ0) is 15.4. The third kappa shape index (κ3) is 4.23. The lowest BCUT2D eigenvalue weighted by Crippen LogP contribution is -2.21. The molecule has 2 aromatic carbocycles. The monoisotopic (exact) mass is 303 g/mol. The molecular formula is C18H22ClNO. The molecule has 2 rings (SSSR count). The summed E-state index contributed by atoms with van der Waals surface area (Å²) in [5.74, 6) is 1.61. The van der Waals surface area contributed by atoms with Gasteiger partial charge in [-0.2, -0.15) is 0 Å².